The molecule has 1 aliphatic heterocycles. The van der Waals surface area contributed by atoms with Crippen molar-refractivity contribution < 1.29 is 14.4 Å². The Labute approximate surface area is 168 Å². The first-order valence-electron chi connectivity index (χ1n) is 8.91. The number of hydrogen-bond acceptors (Lipinski definition) is 5. The molecule has 2 aromatic rings. The van der Waals surface area contributed by atoms with Gasteiger partial charge in [0.2, 0.25) is 5.91 Å². The molecule has 0 aliphatic carbocycles. The molecule has 0 saturated heterocycles. The summed E-state index contributed by atoms with van der Waals surface area (Å²) in [5.74, 6) is -0.752. The Bertz CT molecular complexity index is 937. The van der Waals surface area contributed by atoms with Crippen LogP contribution in [0.25, 0.3) is 5.57 Å². The lowest BCUT2D eigenvalue weighted by Gasteiger charge is -2.15. The van der Waals surface area contributed by atoms with Crippen LogP contribution in [-0.4, -0.2) is 32.9 Å². The van der Waals surface area contributed by atoms with E-state index in [0.29, 0.717) is 21.7 Å². The van der Waals surface area contributed by atoms with E-state index in [1.54, 1.807) is 48.8 Å². The molecule has 144 valence electrons. The van der Waals surface area contributed by atoms with Gasteiger partial charge >= 0.3 is 0 Å². The van der Waals surface area contributed by atoms with Gasteiger partial charge < -0.3 is 5.32 Å². The van der Waals surface area contributed by atoms with E-state index in [2.05, 4.69) is 10.3 Å². The van der Waals surface area contributed by atoms with Crippen molar-refractivity contribution >= 4 is 40.7 Å². The standard InChI is InChI=1S/C21H21N3O3S/c1-13(2)28-19-18(16-4-6-17(7-5-16)23-14(3)25)20(26)24(21(19)27)12-15-8-10-22-11-9-15/h4-11,13H,12H2,1-3H3,(H,23,25). The fourth-order valence-corrected chi connectivity index (χ4v) is 3.90. The molecule has 0 bridgehead atoms. The Hall–Kier alpha value is -2.93. The monoisotopic (exact) mass is 395 g/mol. The number of pyridine rings is 1. The minimum Gasteiger partial charge on any atom is -0.326 e. The number of carbonyl (C=O) groups excluding carboxylic acids is 3. The Morgan fingerprint density at radius 3 is 2.29 bits per heavy atom. The molecule has 6 nitrogen and oxygen atoms in total. The number of aromatic nitrogens is 1. The summed E-state index contributed by atoms with van der Waals surface area (Å²) in [6, 6.07) is 10.5. The summed E-state index contributed by atoms with van der Waals surface area (Å²) in [6.45, 7) is 5.61. The van der Waals surface area contributed by atoms with Crippen LogP contribution in [0.1, 0.15) is 31.9 Å². The first kappa shape index (κ1) is 19.8. The molecular weight excluding hydrogens is 374 g/mol. The van der Waals surface area contributed by atoms with Gasteiger partial charge in [-0.2, -0.15) is 0 Å². The van der Waals surface area contributed by atoms with E-state index < -0.39 is 0 Å². The Morgan fingerprint density at radius 2 is 1.71 bits per heavy atom. The molecular formula is C21H21N3O3S. The normalized spacial score (nSPS) is 14.2. The van der Waals surface area contributed by atoms with Crippen molar-refractivity contribution in [1.82, 2.24) is 9.88 Å². The second-order valence-corrected chi connectivity index (χ2v) is 8.27. The van der Waals surface area contributed by atoms with E-state index in [-0.39, 0.29) is 29.5 Å². The summed E-state index contributed by atoms with van der Waals surface area (Å²) in [5.41, 5.74) is 2.55. The highest BCUT2D eigenvalue weighted by Crippen LogP contribution is 2.38. The van der Waals surface area contributed by atoms with E-state index >= 15 is 0 Å². The van der Waals surface area contributed by atoms with Crippen molar-refractivity contribution in [2.24, 2.45) is 0 Å². The lowest BCUT2D eigenvalue weighted by molar-refractivity contribution is -0.137. The Morgan fingerprint density at radius 1 is 1.07 bits per heavy atom. The quantitative estimate of drug-likeness (QED) is 0.758. The maximum Gasteiger partial charge on any atom is 0.268 e. The van der Waals surface area contributed by atoms with Crippen molar-refractivity contribution in [3.05, 3.63) is 64.8 Å². The maximum absolute atomic E-state index is 13.1. The van der Waals surface area contributed by atoms with Gasteiger partial charge in [-0.25, -0.2) is 0 Å². The van der Waals surface area contributed by atoms with E-state index in [9.17, 15) is 14.4 Å². The Kier molecular flexibility index (Phi) is 5.94. The third-order valence-corrected chi connectivity index (χ3v) is 5.15. The summed E-state index contributed by atoms with van der Waals surface area (Å²) in [5, 5.41) is 2.85. The summed E-state index contributed by atoms with van der Waals surface area (Å²) in [4.78, 5) is 43.0. The fourth-order valence-electron chi connectivity index (χ4n) is 2.89. The molecule has 0 saturated carbocycles. The van der Waals surface area contributed by atoms with E-state index in [4.69, 9.17) is 0 Å². The van der Waals surface area contributed by atoms with Gasteiger partial charge in [0.1, 0.15) is 0 Å². The van der Waals surface area contributed by atoms with Crippen LogP contribution in [0.15, 0.2) is 53.7 Å². The first-order valence-corrected chi connectivity index (χ1v) is 9.79. The smallest absolute Gasteiger partial charge is 0.268 e. The lowest BCUT2D eigenvalue weighted by Crippen LogP contribution is -2.31. The van der Waals surface area contributed by atoms with Crippen LogP contribution in [0.3, 0.4) is 0 Å². The number of benzene rings is 1. The SMILES string of the molecule is CC(=O)Nc1ccc(C2=C(SC(C)C)C(=O)N(Cc3ccncc3)C2=O)cc1. The maximum atomic E-state index is 13.1. The van der Waals surface area contributed by atoms with Crippen LogP contribution in [0.4, 0.5) is 5.69 Å². The van der Waals surface area contributed by atoms with Gasteiger partial charge in [0.15, 0.2) is 0 Å². The van der Waals surface area contributed by atoms with Crippen molar-refractivity contribution in [2.75, 3.05) is 5.32 Å². The van der Waals surface area contributed by atoms with Crippen LogP contribution >= 0.6 is 11.8 Å². The van der Waals surface area contributed by atoms with Gasteiger partial charge in [-0.15, -0.1) is 11.8 Å². The summed E-state index contributed by atoms with van der Waals surface area (Å²) in [7, 11) is 0. The van der Waals surface area contributed by atoms with Crippen molar-refractivity contribution in [3.63, 3.8) is 0 Å². The summed E-state index contributed by atoms with van der Waals surface area (Å²) >= 11 is 1.39. The minimum atomic E-state index is -0.308. The van der Waals surface area contributed by atoms with Crippen molar-refractivity contribution in [2.45, 2.75) is 32.6 Å². The average molecular weight is 395 g/mol. The third-order valence-electron chi connectivity index (χ3n) is 4.06. The molecule has 0 atom stereocenters. The van der Waals surface area contributed by atoms with Crippen molar-refractivity contribution in [1.29, 1.82) is 0 Å². The fraction of sp³-hybridized carbons (Fsp3) is 0.238. The molecule has 1 aliphatic rings. The molecule has 1 aromatic carbocycles. The number of hydrogen-bond donors (Lipinski definition) is 1. The third kappa shape index (κ3) is 4.31. The number of anilines is 1. The molecule has 0 radical (unpaired) electrons. The minimum absolute atomic E-state index is 0.154. The van der Waals surface area contributed by atoms with Crippen LogP contribution in [0, 0.1) is 0 Å². The number of carbonyl (C=O) groups is 3. The molecule has 2 heterocycles. The topological polar surface area (TPSA) is 79.4 Å². The number of nitrogens with one attached hydrogen (secondary N) is 1. The van der Waals surface area contributed by atoms with Gasteiger partial charge in [0, 0.05) is 30.3 Å². The van der Waals surface area contributed by atoms with Crippen LogP contribution in [-0.2, 0) is 20.9 Å². The van der Waals surface area contributed by atoms with Gasteiger partial charge in [-0.3, -0.25) is 24.3 Å². The van der Waals surface area contributed by atoms with Gasteiger partial charge in [0.05, 0.1) is 17.0 Å². The largest absolute Gasteiger partial charge is 0.326 e. The van der Waals surface area contributed by atoms with Gasteiger partial charge in [-0.05, 0) is 35.4 Å². The van der Waals surface area contributed by atoms with Crippen LogP contribution in [0.5, 0.6) is 0 Å². The predicted octanol–water partition coefficient (Wildman–Crippen LogP) is 3.46. The number of amides is 3. The second-order valence-electron chi connectivity index (χ2n) is 6.68. The highest BCUT2D eigenvalue weighted by molar-refractivity contribution is 8.04. The highest BCUT2D eigenvalue weighted by Gasteiger charge is 2.39. The summed E-state index contributed by atoms with van der Waals surface area (Å²) < 4.78 is 0. The van der Waals surface area contributed by atoms with Crippen LogP contribution in [0.2, 0.25) is 0 Å². The lowest BCUT2D eigenvalue weighted by atomic mass is 10.1. The zero-order chi connectivity index (χ0) is 20.3. The zero-order valence-electron chi connectivity index (χ0n) is 15.9. The van der Waals surface area contributed by atoms with Gasteiger partial charge in [-0.1, -0.05) is 26.0 Å². The molecule has 3 rings (SSSR count). The molecule has 1 N–H and O–H groups in total. The second kappa shape index (κ2) is 8.39. The molecule has 7 heteroatoms. The number of nitrogens with zero attached hydrogens (tertiary/aromatic N) is 2. The first-order chi connectivity index (χ1) is 13.4. The molecule has 1 aromatic heterocycles. The van der Waals surface area contributed by atoms with Gasteiger partial charge in [0.25, 0.3) is 11.8 Å². The summed E-state index contributed by atoms with van der Waals surface area (Å²) in [6.07, 6.45) is 3.28. The Balaban J connectivity index is 1.95. The molecule has 28 heavy (non-hydrogen) atoms. The highest BCUT2D eigenvalue weighted by atomic mass is 32.2. The molecule has 3 amide bonds. The van der Waals surface area contributed by atoms with Crippen LogP contribution < -0.4 is 5.32 Å². The number of imide groups is 1. The van der Waals surface area contributed by atoms with E-state index in [1.165, 1.54) is 23.6 Å². The van der Waals surface area contributed by atoms with Crippen molar-refractivity contribution in [3.8, 4) is 0 Å². The molecule has 0 unspecified atom stereocenters. The predicted molar refractivity (Wildman–Crippen MR) is 110 cm³/mol. The van der Waals surface area contributed by atoms with E-state index in [1.807, 2.05) is 13.8 Å². The molecule has 0 fully saturated rings. The molecule has 0 spiro atoms. The zero-order valence-corrected chi connectivity index (χ0v) is 16.7. The number of thioether (sulfide) groups is 1. The average Bonchev–Trinajstić information content (AvgIpc) is 2.87. The van der Waals surface area contributed by atoms with E-state index in [0.717, 1.165) is 5.56 Å². The number of rotatable bonds is 6.